The van der Waals surface area contributed by atoms with Crippen LogP contribution in [0, 0.1) is 5.82 Å². The van der Waals surface area contributed by atoms with E-state index in [0.717, 1.165) is 4.31 Å². The van der Waals surface area contributed by atoms with Gasteiger partial charge in [0.15, 0.2) is 0 Å². The minimum absolute atomic E-state index is 0.422. The molecule has 0 unspecified atom stereocenters. The number of nitrogens with zero attached hydrogens (tertiary/aromatic N) is 3. The average molecular weight is 323 g/mol. The van der Waals surface area contributed by atoms with Crippen molar-refractivity contribution in [1.29, 1.82) is 0 Å². The van der Waals surface area contributed by atoms with Crippen molar-refractivity contribution < 1.29 is 12.8 Å². The van der Waals surface area contributed by atoms with Crippen LogP contribution >= 0.6 is 0 Å². The van der Waals surface area contributed by atoms with E-state index in [1.807, 2.05) is 0 Å². The summed E-state index contributed by atoms with van der Waals surface area (Å²) >= 11 is 0. The molecular formula is C15H18FN3O2S. The van der Waals surface area contributed by atoms with Crippen LogP contribution < -0.4 is 0 Å². The number of benzene rings is 1. The van der Waals surface area contributed by atoms with Gasteiger partial charge < -0.3 is 0 Å². The highest BCUT2D eigenvalue weighted by Crippen LogP contribution is 2.29. The normalized spacial score (nSPS) is 13.5. The lowest BCUT2D eigenvalue weighted by molar-refractivity contribution is 0.374. The molecule has 1 atom stereocenters. The van der Waals surface area contributed by atoms with Crippen molar-refractivity contribution in [3.63, 3.8) is 0 Å². The van der Waals surface area contributed by atoms with E-state index in [9.17, 15) is 12.8 Å². The van der Waals surface area contributed by atoms with Gasteiger partial charge in [0, 0.05) is 27.3 Å². The maximum absolute atomic E-state index is 13.6. The van der Waals surface area contributed by atoms with Gasteiger partial charge in [0.05, 0.1) is 11.7 Å². The van der Waals surface area contributed by atoms with Crippen LogP contribution in [-0.2, 0) is 10.2 Å². The fraction of sp³-hybridized carbons (Fsp3) is 0.267. The Hall–Kier alpha value is -1.83. The number of rotatable bonds is 5. The lowest BCUT2D eigenvalue weighted by Crippen LogP contribution is -2.40. The van der Waals surface area contributed by atoms with E-state index in [1.165, 1.54) is 37.6 Å². The molecule has 0 saturated carbocycles. The first-order chi connectivity index (χ1) is 10.3. The number of hydrogen-bond donors (Lipinski definition) is 0. The van der Waals surface area contributed by atoms with Crippen molar-refractivity contribution in [2.75, 3.05) is 21.1 Å². The van der Waals surface area contributed by atoms with Crippen LogP contribution in [-0.4, -0.2) is 43.2 Å². The SMILES string of the molecule is CN(C)S(=O)(=O)N(C)[C@H](c1cccc(F)c1)c1ccccn1. The van der Waals surface area contributed by atoms with Gasteiger partial charge in [-0.25, -0.2) is 4.39 Å². The van der Waals surface area contributed by atoms with E-state index in [4.69, 9.17) is 0 Å². The van der Waals surface area contributed by atoms with Gasteiger partial charge >= 0.3 is 0 Å². The van der Waals surface area contributed by atoms with Crippen LogP contribution in [0.3, 0.4) is 0 Å². The molecule has 0 saturated heterocycles. The Morgan fingerprint density at radius 2 is 1.82 bits per heavy atom. The first-order valence-corrected chi connectivity index (χ1v) is 8.05. The van der Waals surface area contributed by atoms with E-state index >= 15 is 0 Å². The van der Waals surface area contributed by atoms with Gasteiger partial charge in [-0.2, -0.15) is 17.0 Å². The second-order valence-corrected chi connectivity index (χ2v) is 7.22. The predicted molar refractivity (Wildman–Crippen MR) is 82.8 cm³/mol. The molecule has 0 amide bonds. The Bertz CT molecular complexity index is 735. The smallest absolute Gasteiger partial charge is 0.259 e. The first-order valence-electron chi connectivity index (χ1n) is 6.66. The summed E-state index contributed by atoms with van der Waals surface area (Å²) in [6.07, 6.45) is 1.58. The molecule has 2 aromatic rings. The molecular weight excluding hydrogens is 305 g/mol. The topological polar surface area (TPSA) is 53.5 Å². The maximum atomic E-state index is 13.6. The number of aromatic nitrogens is 1. The molecule has 1 aromatic carbocycles. The second kappa shape index (κ2) is 6.51. The van der Waals surface area contributed by atoms with Gasteiger partial charge in [-0.1, -0.05) is 18.2 Å². The van der Waals surface area contributed by atoms with Crippen LogP contribution in [0.4, 0.5) is 4.39 Å². The molecule has 0 N–H and O–H groups in total. The third-order valence-corrected chi connectivity index (χ3v) is 5.18. The van der Waals surface area contributed by atoms with Gasteiger partial charge in [-0.3, -0.25) is 4.98 Å². The van der Waals surface area contributed by atoms with Crippen LogP contribution in [0.2, 0.25) is 0 Å². The van der Waals surface area contributed by atoms with E-state index < -0.39 is 22.1 Å². The maximum Gasteiger partial charge on any atom is 0.282 e. The molecule has 0 radical (unpaired) electrons. The third-order valence-electron chi connectivity index (χ3n) is 3.32. The van der Waals surface area contributed by atoms with E-state index in [0.29, 0.717) is 11.3 Å². The number of hydrogen-bond acceptors (Lipinski definition) is 3. The summed E-state index contributed by atoms with van der Waals surface area (Å²) in [5.41, 5.74) is 1.05. The van der Waals surface area contributed by atoms with Crippen LogP contribution in [0.5, 0.6) is 0 Å². The summed E-state index contributed by atoms with van der Waals surface area (Å²) in [6.45, 7) is 0. The Balaban J connectivity index is 2.57. The highest BCUT2D eigenvalue weighted by Gasteiger charge is 2.31. The van der Waals surface area contributed by atoms with Gasteiger partial charge in [-0.15, -0.1) is 0 Å². The Morgan fingerprint density at radius 3 is 2.36 bits per heavy atom. The number of pyridine rings is 1. The van der Waals surface area contributed by atoms with Crippen LogP contribution in [0.1, 0.15) is 17.3 Å². The monoisotopic (exact) mass is 323 g/mol. The van der Waals surface area contributed by atoms with Gasteiger partial charge in [0.2, 0.25) is 0 Å². The molecule has 0 aliphatic heterocycles. The fourth-order valence-corrected chi connectivity index (χ4v) is 3.18. The Kier molecular flexibility index (Phi) is 4.90. The van der Waals surface area contributed by atoms with Gasteiger partial charge in [0.1, 0.15) is 5.82 Å². The van der Waals surface area contributed by atoms with Crippen molar-refractivity contribution in [3.05, 3.63) is 65.7 Å². The zero-order valence-electron chi connectivity index (χ0n) is 12.6. The zero-order valence-corrected chi connectivity index (χ0v) is 13.5. The van der Waals surface area contributed by atoms with E-state index in [2.05, 4.69) is 4.98 Å². The highest BCUT2D eigenvalue weighted by atomic mass is 32.2. The predicted octanol–water partition coefficient (Wildman–Crippen LogP) is 2.05. The first kappa shape index (κ1) is 16.5. The summed E-state index contributed by atoms with van der Waals surface area (Å²) in [6, 6.07) is 10.4. The molecule has 0 fully saturated rings. The second-order valence-electron chi connectivity index (χ2n) is 5.02. The lowest BCUT2D eigenvalue weighted by Gasteiger charge is -2.29. The fourth-order valence-electron chi connectivity index (χ4n) is 2.17. The summed E-state index contributed by atoms with van der Waals surface area (Å²) in [4.78, 5) is 4.23. The molecule has 0 bridgehead atoms. The lowest BCUT2D eigenvalue weighted by atomic mass is 10.0. The average Bonchev–Trinajstić information content (AvgIpc) is 2.48. The largest absolute Gasteiger partial charge is 0.282 e. The Morgan fingerprint density at radius 1 is 1.09 bits per heavy atom. The van der Waals surface area contributed by atoms with Crippen molar-refractivity contribution in [2.45, 2.75) is 6.04 Å². The molecule has 118 valence electrons. The third kappa shape index (κ3) is 3.32. The minimum Gasteiger partial charge on any atom is -0.259 e. The van der Waals surface area contributed by atoms with Gasteiger partial charge in [0.25, 0.3) is 10.2 Å². The van der Waals surface area contributed by atoms with Crippen molar-refractivity contribution in [1.82, 2.24) is 13.6 Å². The summed E-state index contributed by atoms with van der Waals surface area (Å²) in [5, 5.41) is 0. The highest BCUT2D eigenvalue weighted by molar-refractivity contribution is 7.86. The quantitative estimate of drug-likeness (QED) is 0.846. The van der Waals surface area contributed by atoms with Crippen LogP contribution in [0.15, 0.2) is 48.7 Å². The zero-order chi connectivity index (χ0) is 16.3. The molecule has 22 heavy (non-hydrogen) atoms. The summed E-state index contributed by atoms with van der Waals surface area (Å²) < 4.78 is 40.7. The molecule has 0 aliphatic rings. The van der Waals surface area contributed by atoms with Gasteiger partial charge in [-0.05, 0) is 29.8 Å². The Labute approximate surface area is 130 Å². The van der Waals surface area contributed by atoms with Crippen molar-refractivity contribution >= 4 is 10.2 Å². The van der Waals surface area contributed by atoms with Crippen LogP contribution in [0.25, 0.3) is 0 Å². The molecule has 7 heteroatoms. The minimum atomic E-state index is -3.68. The standard InChI is InChI=1S/C15H18FN3O2S/c1-18(2)22(20,21)19(3)15(14-9-4-5-10-17-14)12-7-6-8-13(16)11-12/h4-11,15H,1-3H3/t15-/m1/s1. The summed E-state index contributed by atoms with van der Waals surface area (Å²) in [5.74, 6) is -0.422. The molecule has 5 nitrogen and oxygen atoms in total. The van der Waals surface area contributed by atoms with Crippen molar-refractivity contribution in [2.24, 2.45) is 0 Å². The molecule has 2 rings (SSSR count). The number of halogens is 1. The summed E-state index contributed by atoms with van der Waals surface area (Å²) in [7, 11) is 0.679. The molecule has 0 aliphatic carbocycles. The molecule has 0 spiro atoms. The molecule has 1 aromatic heterocycles. The molecule has 1 heterocycles. The van der Waals surface area contributed by atoms with Crippen molar-refractivity contribution in [3.8, 4) is 0 Å². The van der Waals surface area contributed by atoms with E-state index in [1.54, 1.807) is 36.5 Å². The van der Waals surface area contributed by atoms with E-state index in [-0.39, 0.29) is 0 Å².